The number of halogens is 1. The highest BCUT2D eigenvalue weighted by atomic mass is 79.9. The number of aromatic nitrogens is 1. The van der Waals surface area contributed by atoms with Gasteiger partial charge in [-0.2, -0.15) is 0 Å². The van der Waals surface area contributed by atoms with Crippen LogP contribution in [0.5, 0.6) is 0 Å². The van der Waals surface area contributed by atoms with Crippen molar-refractivity contribution in [3.8, 4) is 0 Å². The third kappa shape index (κ3) is 4.25. The summed E-state index contributed by atoms with van der Waals surface area (Å²) >= 11 is 3.22. The van der Waals surface area contributed by atoms with E-state index in [4.69, 9.17) is 0 Å². The van der Waals surface area contributed by atoms with Crippen LogP contribution in [0.2, 0.25) is 0 Å². The van der Waals surface area contributed by atoms with E-state index in [-0.39, 0.29) is 5.91 Å². The Labute approximate surface area is 97.7 Å². The first-order valence-corrected chi connectivity index (χ1v) is 5.54. The van der Waals surface area contributed by atoms with Gasteiger partial charge in [-0.05, 0) is 41.4 Å². The molecule has 1 N–H and O–H groups in total. The number of hydrogen-bond donors (Lipinski definition) is 1. The van der Waals surface area contributed by atoms with Crippen LogP contribution in [0.1, 0.15) is 23.7 Å². The number of allylic oxidation sites excluding steroid dienone is 1. The molecule has 4 heteroatoms. The normalized spacial score (nSPS) is 10.5. The van der Waals surface area contributed by atoms with E-state index in [2.05, 4.69) is 26.2 Å². The van der Waals surface area contributed by atoms with Crippen LogP contribution in [0.15, 0.2) is 35.1 Å². The van der Waals surface area contributed by atoms with Gasteiger partial charge in [0.05, 0.1) is 5.56 Å². The molecule has 1 rings (SSSR count). The van der Waals surface area contributed by atoms with Crippen LogP contribution in [-0.2, 0) is 0 Å². The van der Waals surface area contributed by atoms with Crippen molar-refractivity contribution < 1.29 is 4.79 Å². The zero-order valence-corrected chi connectivity index (χ0v) is 10.1. The Hall–Kier alpha value is -1.16. The first-order chi connectivity index (χ1) is 7.24. The van der Waals surface area contributed by atoms with E-state index in [1.165, 1.54) is 0 Å². The lowest BCUT2D eigenvalue weighted by Crippen LogP contribution is -2.24. The van der Waals surface area contributed by atoms with E-state index in [1.54, 1.807) is 18.3 Å². The van der Waals surface area contributed by atoms with Crippen LogP contribution >= 0.6 is 15.9 Å². The van der Waals surface area contributed by atoms with Crippen LogP contribution in [-0.4, -0.2) is 17.4 Å². The van der Waals surface area contributed by atoms with E-state index in [0.717, 1.165) is 11.0 Å². The van der Waals surface area contributed by atoms with Gasteiger partial charge in [0.25, 0.3) is 5.91 Å². The first-order valence-electron chi connectivity index (χ1n) is 4.75. The zero-order valence-electron chi connectivity index (χ0n) is 8.53. The van der Waals surface area contributed by atoms with Crippen LogP contribution in [0.3, 0.4) is 0 Å². The molecule has 0 unspecified atom stereocenters. The highest BCUT2D eigenvalue weighted by Gasteiger charge is 2.03. The molecule has 80 valence electrons. The fraction of sp³-hybridized carbons (Fsp3) is 0.273. The molecule has 0 saturated carbocycles. The van der Waals surface area contributed by atoms with Crippen LogP contribution < -0.4 is 5.32 Å². The lowest BCUT2D eigenvalue weighted by atomic mass is 10.2. The monoisotopic (exact) mass is 268 g/mol. The summed E-state index contributed by atoms with van der Waals surface area (Å²) in [7, 11) is 0. The molecule has 0 aliphatic rings. The summed E-state index contributed by atoms with van der Waals surface area (Å²) < 4.78 is 0.730. The maximum atomic E-state index is 11.5. The van der Waals surface area contributed by atoms with Gasteiger partial charge in [0.2, 0.25) is 0 Å². The van der Waals surface area contributed by atoms with Crippen LogP contribution in [0.4, 0.5) is 0 Å². The van der Waals surface area contributed by atoms with Crippen molar-refractivity contribution in [1.82, 2.24) is 10.3 Å². The minimum absolute atomic E-state index is 0.0838. The summed E-state index contributed by atoms with van der Waals surface area (Å²) in [5.74, 6) is -0.0838. The minimum Gasteiger partial charge on any atom is -0.352 e. The van der Waals surface area contributed by atoms with Crippen molar-refractivity contribution in [3.05, 3.63) is 40.6 Å². The number of amides is 1. The molecule has 0 radical (unpaired) electrons. The maximum Gasteiger partial charge on any atom is 0.252 e. The average Bonchev–Trinajstić information content (AvgIpc) is 2.25. The van der Waals surface area contributed by atoms with Crippen molar-refractivity contribution in [2.75, 3.05) is 6.54 Å². The molecule has 0 bridgehead atoms. The predicted octanol–water partition coefficient (Wildman–Crippen LogP) is 2.54. The van der Waals surface area contributed by atoms with Crippen LogP contribution in [0, 0.1) is 0 Å². The molecule has 0 aromatic carbocycles. The summed E-state index contributed by atoms with van der Waals surface area (Å²) in [6.07, 6.45) is 6.38. The Kier molecular flexibility index (Phi) is 5.04. The number of nitrogens with one attached hydrogen (secondary N) is 1. The number of nitrogens with zero attached hydrogens (tertiary/aromatic N) is 1. The average molecular weight is 269 g/mol. The second kappa shape index (κ2) is 6.35. The lowest BCUT2D eigenvalue weighted by Gasteiger charge is -2.02. The molecular weight excluding hydrogens is 256 g/mol. The van der Waals surface area contributed by atoms with Gasteiger partial charge in [0, 0.05) is 12.7 Å². The second-order valence-electron chi connectivity index (χ2n) is 2.98. The highest BCUT2D eigenvalue weighted by Crippen LogP contribution is 2.05. The van der Waals surface area contributed by atoms with Gasteiger partial charge in [0.1, 0.15) is 4.60 Å². The molecule has 0 saturated heterocycles. The molecule has 1 heterocycles. The first kappa shape index (κ1) is 11.9. The molecule has 0 atom stereocenters. The SMILES string of the molecule is C/C=C/CCNC(=O)c1ccc(Br)nc1. The van der Waals surface area contributed by atoms with Crippen LogP contribution in [0.25, 0.3) is 0 Å². The van der Waals surface area contributed by atoms with E-state index >= 15 is 0 Å². The van der Waals surface area contributed by atoms with Crippen molar-refractivity contribution in [1.29, 1.82) is 0 Å². The van der Waals surface area contributed by atoms with Crippen molar-refractivity contribution in [2.45, 2.75) is 13.3 Å². The number of carbonyl (C=O) groups is 1. The molecule has 0 aliphatic heterocycles. The highest BCUT2D eigenvalue weighted by molar-refractivity contribution is 9.10. The third-order valence-electron chi connectivity index (χ3n) is 1.82. The lowest BCUT2D eigenvalue weighted by molar-refractivity contribution is 0.0954. The molecule has 0 fully saturated rings. The summed E-state index contributed by atoms with van der Waals surface area (Å²) in [6, 6.07) is 3.49. The minimum atomic E-state index is -0.0838. The summed E-state index contributed by atoms with van der Waals surface area (Å²) in [4.78, 5) is 15.5. The maximum absolute atomic E-state index is 11.5. The second-order valence-corrected chi connectivity index (χ2v) is 3.80. The van der Waals surface area contributed by atoms with Gasteiger partial charge in [-0.25, -0.2) is 4.98 Å². The zero-order chi connectivity index (χ0) is 11.1. The number of rotatable bonds is 4. The van der Waals surface area contributed by atoms with Crippen molar-refractivity contribution in [2.24, 2.45) is 0 Å². The van der Waals surface area contributed by atoms with Gasteiger partial charge in [-0.15, -0.1) is 0 Å². The summed E-state index contributed by atoms with van der Waals surface area (Å²) in [5, 5.41) is 2.81. The Morgan fingerprint density at radius 2 is 2.40 bits per heavy atom. The largest absolute Gasteiger partial charge is 0.352 e. The van der Waals surface area contributed by atoms with E-state index in [0.29, 0.717) is 12.1 Å². The van der Waals surface area contributed by atoms with Gasteiger partial charge in [-0.3, -0.25) is 4.79 Å². The predicted molar refractivity (Wildman–Crippen MR) is 63.7 cm³/mol. The van der Waals surface area contributed by atoms with E-state index in [1.807, 2.05) is 19.1 Å². The number of pyridine rings is 1. The van der Waals surface area contributed by atoms with Crippen molar-refractivity contribution >= 4 is 21.8 Å². The molecule has 0 aliphatic carbocycles. The van der Waals surface area contributed by atoms with Crippen molar-refractivity contribution in [3.63, 3.8) is 0 Å². The molecule has 15 heavy (non-hydrogen) atoms. The molecular formula is C11H13BrN2O. The summed E-state index contributed by atoms with van der Waals surface area (Å²) in [5.41, 5.74) is 0.582. The summed E-state index contributed by atoms with van der Waals surface area (Å²) in [6.45, 7) is 2.61. The Balaban J connectivity index is 2.43. The molecule has 3 nitrogen and oxygen atoms in total. The topological polar surface area (TPSA) is 42.0 Å². The quantitative estimate of drug-likeness (QED) is 0.518. The molecule has 0 spiro atoms. The molecule has 1 aromatic rings. The molecule has 1 aromatic heterocycles. The van der Waals surface area contributed by atoms with E-state index in [9.17, 15) is 4.79 Å². The number of carbonyl (C=O) groups excluding carboxylic acids is 1. The third-order valence-corrected chi connectivity index (χ3v) is 2.29. The van der Waals surface area contributed by atoms with Gasteiger partial charge in [-0.1, -0.05) is 12.2 Å². The number of hydrogen-bond acceptors (Lipinski definition) is 2. The fourth-order valence-electron chi connectivity index (χ4n) is 1.05. The van der Waals surface area contributed by atoms with Gasteiger partial charge < -0.3 is 5.32 Å². The van der Waals surface area contributed by atoms with Gasteiger partial charge >= 0.3 is 0 Å². The smallest absolute Gasteiger partial charge is 0.252 e. The fourth-order valence-corrected chi connectivity index (χ4v) is 1.28. The standard InChI is InChI=1S/C11H13BrN2O/c1-2-3-4-7-13-11(15)9-5-6-10(12)14-8-9/h2-3,5-6,8H,4,7H2,1H3,(H,13,15)/b3-2+. The molecule has 1 amide bonds. The Morgan fingerprint density at radius 1 is 1.60 bits per heavy atom. The Morgan fingerprint density at radius 3 is 3.00 bits per heavy atom. The Bertz CT molecular complexity index is 346. The van der Waals surface area contributed by atoms with Gasteiger partial charge in [0.15, 0.2) is 0 Å². The van der Waals surface area contributed by atoms with E-state index < -0.39 is 0 Å².